The largest absolute Gasteiger partial charge is 0.488 e. The van der Waals surface area contributed by atoms with Crippen molar-refractivity contribution in [2.75, 3.05) is 19.7 Å². The van der Waals surface area contributed by atoms with Gasteiger partial charge in [-0.1, -0.05) is 24.3 Å². The number of hydrogen-bond acceptors (Lipinski definition) is 6. The lowest BCUT2D eigenvalue weighted by Gasteiger charge is -2.24. The van der Waals surface area contributed by atoms with E-state index in [4.69, 9.17) is 14.7 Å². The molecule has 32 heavy (non-hydrogen) atoms. The lowest BCUT2D eigenvalue weighted by molar-refractivity contribution is -0.133. The second-order valence-electron chi connectivity index (χ2n) is 8.12. The summed E-state index contributed by atoms with van der Waals surface area (Å²) in [6.45, 7) is 6.04. The van der Waals surface area contributed by atoms with Gasteiger partial charge in [0.15, 0.2) is 5.78 Å². The zero-order valence-corrected chi connectivity index (χ0v) is 17.8. The second kappa shape index (κ2) is 9.78. The van der Waals surface area contributed by atoms with E-state index >= 15 is 0 Å². The Kier molecular flexibility index (Phi) is 6.66. The van der Waals surface area contributed by atoms with Gasteiger partial charge in [-0.3, -0.25) is 4.79 Å². The first-order valence-electron chi connectivity index (χ1n) is 10.8. The molecule has 2 aromatic carbocycles. The predicted octanol–water partition coefficient (Wildman–Crippen LogP) is 3.55. The van der Waals surface area contributed by atoms with E-state index in [1.54, 1.807) is 18.2 Å². The van der Waals surface area contributed by atoms with Crippen molar-refractivity contribution in [3.05, 3.63) is 65.7 Å². The molecule has 6 heteroatoms. The lowest BCUT2D eigenvalue weighted by Crippen LogP contribution is -2.39. The van der Waals surface area contributed by atoms with Crippen LogP contribution in [0.3, 0.4) is 0 Å². The minimum atomic E-state index is -0.595. The Morgan fingerprint density at radius 1 is 1.25 bits per heavy atom. The Morgan fingerprint density at radius 3 is 2.88 bits per heavy atom. The van der Waals surface area contributed by atoms with Gasteiger partial charge in [-0.2, -0.15) is 10.5 Å². The lowest BCUT2D eigenvalue weighted by atomic mass is 9.82. The minimum absolute atomic E-state index is 0.0931. The molecule has 2 heterocycles. The van der Waals surface area contributed by atoms with Gasteiger partial charge >= 0.3 is 0 Å². The quantitative estimate of drug-likeness (QED) is 0.709. The summed E-state index contributed by atoms with van der Waals surface area (Å²) in [5.74, 6) is -0.514. The molecule has 0 bridgehead atoms. The second-order valence-corrected chi connectivity index (χ2v) is 8.12. The number of hydrogen-bond donors (Lipinski definition) is 1. The van der Waals surface area contributed by atoms with Crippen LogP contribution >= 0.6 is 0 Å². The Bertz CT molecular complexity index is 1100. The first-order valence-corrected chi connectivity index (χ1v) is 10.8. The van der Waals surface area contributed by atoms with E-state index in [1.807, 2.05) is 24.3 Å². The fourth-order valence-corrected chi connectivity index (χ4v) is 4.34. The van der Waals surface area contributed by atoms with Crippen LogP contribution in [0.25, 0.3) is 11.1 Å². The number of nitrogens with one attached hydrogen (secondary N) is 1. The average molecular weight is 428 g/mol. The number of rotatable bonds is 6. The summed E-state index contributed by atoms with van der Waals surface area (Å²) < 4.78 is 11.6. The van der Waals surface area contributed by atoms with E-state index in [-0.39, 0.29) is 5.78 Å². The van der Waals surface area contributed by atoms with E-state index in [1.165, 1.54) is 0 Å². The molecule has 4 rings (SSSR count). The van der Waals surface area contributed by atoms with Crippen LogP contribution in [0.5, 0.6) is 5.75 Å². The van der Waals surface area contributed by atoms with Crippen LogP contribution in [0.2, 0.25) is 0 Å². The van der Waals surface area contributed by atoms with Gasteiger partial charge in [0.1, 0.15) is 18.5 Å². The van der Waals surface area contributed by atoms with E-state index in [9.17, 15) is 10.1 Å². The Labute approximate surface area is 188 Å². The highest BCUT2D eigenvalue weighted by Crippen LogP contribution is 2.38. The number of ether oxygens (including phenoxy) is 2. The molecule has 0 radical (unpaired) electrons. The Hall–Kier alpha value is -3.45. The monoisotopic (exact) mass is 427 g/mol. The topological polar surface area (TPSA) is 95.1 Å². The van der Waals surface area contributed by atoms with E-state index in [0.29, 0.717) is 37.5 Å². The van der Waals surface area contributed by atoms with Crippen molar-refractivity contribution in [1.82, 2.24) is 5.32 Å². The standard InChI is InChI=1S/C26H25N3O3/c1-2-21(26(30)25-15-29-8-3-9-31-25)19(14-28)10-17-4-6-22-20(11-17)16-32-24-12-18(13-27)5-7-23(22)24/h2,4-7,11-12,19,21,25,29H,1,3,8-10,15-16H2/t19-,21?,25+/m1/s1. The number of carbonyl (C=O) groups excluding carboxylic acids is 1. The molecule has 3 atom stereocenters. The maximum atomic E-state index is 13.1. The van der Waals surface area contributed by atoms with Crippen LogP contribution < -0.4 is 10.1 Å². The fraction of sp³-hybridized carbons (Fsp3) is 0.346. The fourth-order valence-electron chi connectivity index (χ4n) is 4.34. The average Bonchev–Trinajstić information content (AvgIpc) is 3.12. The minimum Gasteiger partial charge on any atom is -0.488 e. The summed E-state index contributed by atoms with van der Waals surface area (Å²) in [5, 5.41) is 22.2. The summed E-state index contributed by atoms with van der Waals surface area (Å²) in [5.41, 5.74) is 4.56. The van der Waals surface area contributed by atoms with Gasteiger partial charge < -0.3 is 14.8 Å². The first-order chi connectivity index (χ1) is 15.6. The van der Waals surface area contributed by atoms with E-state index in [0.717, 1.165) is 35.2 Å². The summed E-state index contributed by atoms with van der Waals surface area (Å²) in [6.07, 6.45) is 2.33. The van der Waals surface area contributed by atoms with Crippen molar-refractivity contribution in [1.29, 1.82) is 10.5 Å². The number of fused-ring (bicyclic) bond motifs is 3. The molecule has 0 spiro atoms. The number of nitrogens with zero attached hydrogens (tertiary/aromatic N) is 2. The van der Waals surface area contributed by atoms with Crippen molar-refractivity contribution in [3.63, 3.8) is 0 Å². The smallest absolute Gasteiger partial charge is 0.170 e. The summed E-state index contributed by atoms with van der Waals surface area (Å²) in [6, 6.07) is 15.9. The SMILES string of the molecule is C=CC(C(=O)[C@@H]1CNCCCO1)[C@@H](C#N)Cc1ccc2c(c1)COc1cc(C#N)ccc1-2. The molecule has 0 amide bonds. The Morgan fingerprint density at radius 2 is 2.09 bits per heavy atom. The molecular weight excluding hydrogens is 402 g/mol. The van der Waals surface area contributed by atoms with Gasteiger partial charge in [-0.15, -0.1) is 6.58 Å². The maximum Gasteiger partial charge on any atom is 0.170 e. The molecule has 0 aromatic heterocycles. The van der Waals surface area contributed by atoms with Crippen LogP contribution in [0, 0.1) is 34.5 Å². The molecule has 1 unspecified atom stereocenters. The van der Waals surface area contributed by atoms with Crippen LogP contribution in [-0.4, -0.2) is 31.6 Å². The maximum absolute atomic E-state index is 13.1. The molecule has 2 aliphatic heterocycles. The summed E-state index contributed by atoms with van der Waals surface area (Å²) in [7, 11) is 0. The van der Waals surface area contributed by atoms with Gasteiger partial charge in [0.2, 0.25) is 0 Å². The first kappa shape index (κ1) is 21.8. The predicted molar refractivity (Wildman–Crippen MR) is 120 cm³/mol. The molecule has 6 nitrogen and oxygen atoms in total. The number of Topliss-reactive ketones (excluding diaryl/α,β-unsaturated/α-hetero) is 1. The molecule has 1 saturated heterocycles. The van der Waals surface area contributed by atoms with Gasteiger partial charge in [0.05, 0.1) is 29.5 Å². The van der Waals surface area contributed by atoms with Crippen molar-refractivity contribution in [2.24, 2.45) is 11.8 Å². The van der Waals surface area contributed by atoms with Crippen LogP contribution in [0.4, 0.5) is 0 Å². The number of ketones is 1. The van der Waals surface area contributed by atoms with E-state index < -0.39 is 17.9 Å². The van der Waals surface area contributed by atoms with Crippen molar-refractivity contribution in [3.8, 4) is 29.0 Å². The van der Waals surface area contributed by atoms with Crippen LogP contribution in [-0.2, 0) is 22.6 Å². The normalized spacial score (nSPS) is 19.0. The van der Waals surface area contributed by atoms with Crippen molar-refractivity contribution >= 4 is 5.78 Å². The number of nitriles is 2. The molecule has 1 N–H and O–H groups in total. The third-order valence-corrected chi connectivity index (χ3v) is 6.06. The molecule has 0 saturated carbocycles. The number of carbonyl (C=O) groups is 1. The molecule has 0 aliphatic carbocycles. The van der Waals surface area contributed by atoms with Crippen LogP contribution in [0.15, 0.2) is 49.1 Å². The van der Waals surface area contributed by atoms with Gasteiger partial charge in [-0.25, -0.2) is 0 Å². The molecule has 1 fully saturated rings. The molecular formula is C26H25N3O3. The Balaban J connectivity index is 1.54. The highest BCUT2D eigenvalue weighted by Gasteiger charge is 2.32. The molecule has 2 aliphatic rings. The zero-order valence-electron chi connectivity index (χ0n) is 17.8. The highest BCUT2D eigenvalue weighted by atomic mass is 16.5. The highest BCUT2D eigenvalue weighted by molar-refractivity contribution is 5.87. The summed E-state index contributed by atoms with van der Waals surface area (Å²) >= 11 is 0. The molecule has 2 aromatic rings. The van der Waals surface area contributed by atoms with Crippen LogP contribution in [0.1, 0.15) is 23.1 Å². The van der Waals surface area contributed by atoms with Gasteiger partial charge in [-0.05, 0) is 54.3 Å². The van der Waals surface area contributed by atoms with Crippen molar-refractivity contribution < 1.29 is 14.3 Å². The number of benzene rings is 2. The third kappa shape index (κ3) is 4.43. The molecule has 162 valence electrons. The van der Waals surface area contributed by atoms with Gasteiger partial charge in [0.25, 0.3) is 0 Å². The number of allylic oxidation sites excluding steroid dienone is 1. The van der Waals surface area contributed by atoms with Gasteiger partial charge in [0, 0.05) is 18.7 Å². The summed E-state index contributed by atoms with van der Waals surface area (Å²) in [4.78, 5) is 13.1. The van der Waals surface area contributed by atoms with Crippen molar-refractivity contribution in [2.45, 2.75) is 25.6 Å². The zero-order chi connectivity index (χ0) is 22.5. The third-order valence-electron chi connectivity index (χ3n) is 6.06. The van der Waals surface area contributed by atoms with E-state index in [2.05, 4.69) is 24.0 Å².